The molecule has 3 aromatic rings. The van der Waals surface area contributed by atoms with Crippen molar-refractivity contribution in [2.24, 2.45) is 11.1 Å². The SMILES string of the molecule is Cc1ccc2nc(N3CCS(=O)(=O)c4ccccc4C3)cc(NCC3(CN)CC(F)(F)C3)c2c1. The van der Waals surface area contributed by atoms with Gasteiger partial charge >= 0.3 is 0 Å². The lowest BCUT2D eigenvalue weighted by molar-refractivity contribution is -0.151. The number of benzene rings is 2. The number of nitrogens with one attached hydrogen (secondary N) is 1. The number of hydrogen-bond donors (Lipinski definition) is 2. The van der Waals surface area contributed by atoms with E-state index >= 15 is 0 Å². The Morgan fingerprint density at radius 2 is 1.91 bits per heavy atom. The van der Waals surface area contributed by atoms with Crippen LogP contribution in [0.1, 0.15) is 24.0 Å². The van der Waals surface area contributed by atoms with Gasteiger partial charge in [0.15, 0.2) is 9.84 Å². The Bertz CT molecular complexity index is 1350. The monoisotopic (exact) mass is 486 g/mol. The molecular formula is C25H28F2N4O2S. The third-order valence-corrected chi connectivity index (χ3v) is 8.72. The largest absolute Gasteiger partial charge is 0.384 e. The molecule has 1 fully saturated rings. The first-order valence-corrected chi connectivity index (χ1v) is 13.0. The summed E-state index contributed by atoms with van der Waals surface area (Å²) in [5, 5.41) is 4.27. The molecule has 1 aliphatic carbocycles. The highest BCUT2D eigenvalue weighted by molar-refractivity contribution is 7.91. The van der Waals surface area contributed by atoms with E-state index in [0.717, 1.165) is 27.7 Å². The van der Waals surface area contributed by atoms with Crippen molar-refractivity contribution in [2.45, 2.75) is 37.1 Å². The van der Waals surface area contributed by atoms with Gasteiger partial charge in [-0.25, -0.2) is 22.2 Å². The fourth-order valence-corrected chi connectivity index (χ4v) is 6.56. The summed E-state index contributed by atoms with van der Waals surface area (Å²) in [6.07, 6.45) is -0.446. The van der Waals surface area contributed by atoms with Crippen molar-refractivity contribution in [2.75, 3.05) is 35.6 Å². The third-order valence-electron chi connectivity index (χ3n) is 6.93. The van der Waals surface area contributed by atoms with E-state index in [4.69, 9.17) is 10.7 Å². The Balaban J connectivity index is 1.51. The van der Waals surface area contributed by atoms with Gasteiger partial charge in [0, 0.05) is 61.6 Å². The van der Waals surface area contributed by atoms with Gasteiger partial charge in [-0.05, 0) is 30.7 Å². The zero-order valence-corrected chi connectivity index (χ0v) is 19.8. The molecule has 1 aliphatic heterocycles. The average molecular weight is 487 g/mol. The number of halogens is 2. The molecule has 9 heteroatoms. The van der Waals surface area contributed by atoms with E-state index < -0.39 is 21.2 Å². The van der Waals surface area contributed by atoms with Crippen LogP contribution >= 0.6 is 0 Å². The fraction of sp³-hybridized carbons (Fsp3) is 0.400. The van der Waals surface area contributed by atoms with Gasteiger partial charge in [0.05, 0.1) is 16.2 Å². The highest BCUT2D eigenvalue weighted by Crippen LogP contribution is 2.51. The van der Waals surface area contributed by atoms with Gasteiger partial charge < -0.3 is 16.0 Å². The zero-order chi connectivity index (χ0) is 24.1. The molecule has 0 amide bonds. The van der Waals surface area contributed by atoms with Gasteiger partial charge in [0.1, 0.15) is 5.82 Å². The minimum atomic E-state index is -3.39. The summed E-state index contributed by atoms with van der Waals surface area (Å²) >= 11 is 0. The van der Waals surface area contributed by atoms with Crippen LogP contribution in [0.25, 0.3) is 10.9 Å². The molecule has 0 spiro atoms. The van der Waals surface area contributed by atoms with E-state index in [-0.39, 0.29) is 25.1 Å². The van der Waals surface area contributed by atoms with Crippen LogP contribution < -0.4 is 16.0 Å². The summed E-state index contributed by atoms with van der Waals surface area (Å²) in [5.74, 6) is -2.02. The number of hydrogen-bond acceptors (Lipinski definition) is 6. The van der Waals surface area contributed by atoms with Gasteiger partial charge in [-0.15, -0.1) is 0 Å². The van der Waals surface area contributed by atoms with Gasteiger partial charge in [0.25, 0.3) is 0 Å². The highest BCUT2D eigenvalue weighted by Gasteiger charge is 2.55. The lowest BCUT2D eigenvalue weighted by Crippen LogP contribution is -2.54. The second kappa shape index (κ2) is 8.16. The average Bonchev–Trinajstić information content (AvgIpc) is 2.92. The number of nitrogens with zero attached hydrogens (tertiary/aromatic N) is 2. The number of aromatic nitrogens is 1. The van der Waals surface area contributed by atoms with E-state index in [1.807, 2.05) is 48.2 Å². The number of anilines is 2. The normalized spacial score (nSPS) is 20.3. The van der Waals surface area contributed by atoms with Crippen molar-refractivity contribution < 1.29 is 17.2 Å². The second-order valence-electron chi connectivity index (χ2n) is 9.66. The van der Waals surface area contributed by atoms with Crippen LogP contribution in [0.15, 0.2) is 53.4 Å². The molecule has 0 unspecified atom stereocenters. The summed E-state index contributed by atoms with van der Waals surface area (Å²) in [6, 6.07) is 14.9. The summed E-state index contributed by atoms with van der Waals surface area (Å²) in [6.45, 7) is 3.23. The summed E-state index contributed by atoms with van der Waals surface area (Å²) in [5.41, 5.74) is 8.57. The quantitative estimate of drug-likeness (QED) is 0.564. The maximum atomic E-state index is 13.6. The molecule has 1 aromatic heterocycles. The molecule has 180 valence electrons. The standard InChI is InChI=1S/C25H28F2N4O2S/c1-17-6-7-20-19(10-17)21(29-16-24(15-28)13-25(26,27)14-24)11-23(30-20)31-8-9-34(32,33)22-5-3-2-4-18(22)12-31/h2-7,10-11H,8-9,12-16,28H2,1H3,(H,29,30). The molecule has 1 saturated carbocycles. The third kappa shape index (κ3) is 4.22. The Hall–Kier alpha value is -2.78. The number of alkyl halides is 2. The van der Waals surface area contributed by atoms with Crippen LogP contribution in [-0.4, -0.2) is 44.7 Å². The molecule has 0 saturated heterocycles. The molecule has 0 bridgehead atoms. The summed E-state index contributed by atoms with van der Waals surface area (Å²) in [7, 11) is -3.39. The molecule has 6 nitrogen and oxygen atoms in total. The minimum absolute atomic E-state index is 0.00818. The number of rotatable bonds is 5. The van der Waals surface area contributed by atoms with Crippen molar-refractivity contribution in [1.29, 1.82) is 0 Å². The molecule has 2 aliphatic rings. The van der Waals surface area contributed by atoms with E-state index in [0.29, 0.717) is 30.3 Å². The fourth-order valence-electron chi connectivity index (χ4n) is 5.06. The van der Waals surface area contributed by atoms with Gasteiger partial charge in [0.2, 0.25) is 5.92 Å². The first kappa shape index (κ1) is 23.0. The van der Waals surface area contributed by atoms with Crippen LogP contribution in [0, 0.1) is 12.3 Å². The zero-order valence-electron chi connectivity index (χ0n) is 19.0. The molecule has 0 atom stereocenters. The smallest absolute Gasteiger partial charge is 0.249 e. The van der Waals surface area contributed by atoms with E-state index in [1.54, 1.807) is 12.1 Å². The number of pyridine rings is 1. The molecule has 3 N–H and O–H groups in total. The topological polar surface area (TPSA) is 88.3 Å². The van der Waals surface area contributed by atoms with Crippen LogP contribution in [0.4, 0.5) is 20.3 Å². The molecule has 2 heterocycles. The van der Waals surface area contributed by atoms with Crippen LogP contribution in [0.2, 0.25) is 0 Å². The molecule has 5 rings (SSSR count). The Labute approximate surface area is 198 Å². The number of nitrogens with two attached hydrogens (primary N) is 1. The Morgan fingerprint density at radius 1 is 1.15 bits per heavy atom. The van der Waals surface area contributed by atoms with E-state index in [1.165, 1.54) is 0 Å². The van der Waals surface area contributed by atoms with Crippen LogP contribution in [0.3, 0.4) is 0 Å². The summed E-state index contributed by atoms with van der Waals surface area (Å²) < 4.78 is 52.8. The predicted octanol–water partition coefficient (Wildman–Crippen LogP) is 4.12. The highest BCUT2D eigenvalue weighted by atomic mass is 32.2. The van der Waals surface area contributed by atoms with Crippen molar-refractivity contribution in [3.63, 3.8) is 0 Å². The van der Waals surface area contributed by atoms with Crippen LogP contribution in [0.5, 0.6) is 0 Å². The Kier molecular flexibility index (Phi) is 5.52. The maximum Gasteiger partial charge on any atom is 0.249 e. The van der Waals surface area contributed by atoms with Gasteiger partial charge in [-0.3, -0.25) is 0 Å². The van der Waals surface area contributed by atoms with Crippen molar-refractivity contribution >= 4 is 32.2 Å². The first-order chi connectivity index (χ1) is 16.1. The number of aryl methyl sites for hydroxylation is 1. The van der Waals surface area contributed by atoms with Crippen molar-refractivity contribution in [1.82, 2.24) is 4.98 Å². The number of fused-ring (bicyclic) bond motifs is 2. The lowest BCUT2D eigenvalue weighted by Gasteiger charge is -2.47. The van der Waals surface area contributed by atoms with Gasteiger partial charge in [-0.2, -0.15) is 0 Å². The first-order valence-electron chi connectivity index (χ1n) is 11.4. The molecular weight excluding hydrogens is 458 g/mol. The van der Waals surface area contributed by atoms with E-state index in [9.17, 15) is 17.2 Å². The maximum absolute atomic E-state index is 13.6. The lowest BCUT2D eigenvalue weighted by atomic mass is 9.66. The Morgan fingerprint density at radius 3 is 2.65 bits per heavy atom. The minimum Gasteiger partial charge on any atom is -0.384 e. The van der Waals surface area contributed by atoms with E-state index in [2.05, 4.69) is 5.32 Å². The van der Waals surface area contributed by atoms with Gasteiger partial charge in [-0.1, -0.05) is 29.8 Å². The predicted molar refractivity (Wildman–Crippen MR) is 130 cm³/mol. The van der Waals surface area contributed by atoms with Crippen molar-refractivity contribution in [3.8, 4) is 0 Å². The number of sulfone groups is 1. The molecule has 2 aromatic carbocycles. The molecule has 0 radical (unpaired) electrons. The summed E-state index contributed by atoms with van der Waals surface area (Å²) in [4.78, 5) is 7.16. The second-order valence-corrected chi connectivity index (χ2v) is 11.7. The van der Waals surface area contributed by atoms with Crippen LogP contribution in [-0.2, 0) is 16.4 Å². The molecule has 34 heavy (non-hydrogen) atoms. The van der Waals surface area contributed by atoms with Crippen molar-refractivity contribution in [3.05, 3.63) is 59.7 Å².